The third-order valence-corrected chi connectivity index (χ3v) is 5.22. The summed E-state index contributed by atoms with van der Waals surface area (Å²) >= 11 is 0. The van der Waals surface area contributed by atoms with E-state index < -0.39 is 0 Å². The molecule has 0 atom stereocenters. The third-order valence-electron chi connectivity index (χ3n) is 5.22. The zero-order chi connectivity index (χ0) is 22.1. The molecule has 1 aliphatic carbocycles. The summed E-state index contributed by atoms with van der Waals surface area (Å²) in [7, 11) is 3.51. The lowest BCUT2D eigenvalue weighted by Gasteiger charge is -2.14. The number of nitrogens with zero attached hydrogens (tertiary/aromatic N) is 3. The van der Waals surface area contributed by atoms with Gasteiger partial charge >= 0.3 is 0 Å². The third kappa shape index (κ3) is 6.98. The second-order valence-electron chi connectivity index (χ2n) is 7.97. The SMILES string of the molecule is CCNC(=NCc1ccnc(OC2CCCC2)c1)NCc1ccc(C(=O)N(C)C)cc1. The van der Waals surface area contributed by atoms with Gasteiger partial charge in [0.25, 0.3) is 5.91 Å². The van der Waals surface area contributed by atoms with E-state index in [2.05, 4.69) is 15.6 Å². The fraction of sp³-hybridized carbons (Fsp3) is 0.458. The van der Waals surface area contributed by atoms with Gasteiger partial charge in [0.05, 0.1) is 6.54 Å². The number of nitrogens with one attached hydrogen (secondary N) is 2. The molecule has 0 spiro atoms. The van der Waals surface area contributed by atoms with E-state index in [0.29, 0.717) is 30.6 Å². The van der Waals surface area contributed by atoms with Gasteiger partial charge in [-0.1, -0.05) is 12.1 Å². The maximum absolute atomic E-state index is 12.0. The van der Waals surface area contributed by atoms with Crippen molar-refractivity contribution in [1.29, 1.82) is 0 Å². The number of guanidine groups is 1. The van der Waals surface area contributed by atoms with Gasteiger partial charge in [-0.15, -0.1) is 0 Å². The molecule has 2 N–H and O–H groups in total. The highest BCUT2D eigenvalue weighted by Gasteiger charge is 2.17. The first-order chi connectivity index (χ1) is 15.0. The van der Waals surface area contributed by atoms with Crippen LogP contribution in [0.3, 0.4) is 0 Å². The van der Waals surface area contributed by atoms with Crippen molar-refractivity contribution in [3.8, 4) is 5.88 Å². The van der Waals surface area contributed by atoms with Gasteiger partial charge in [-0.2, -0.15) is 0 Å². The van der Waals surface area contributed by atoms with Gasteiger partial charge in [-0.05, 0) is 61.9 Å². The molecule has 0 saturated heterocycles. The normalized spacial score (nSPS) is 14.4. The summed E-state index contributed by atoms with van der Waals surface area (Å²) < 4.78 is 6.00. The van der Waals surface area contributed by atoms with Crippen LogP contribution in [0.2, 0.25) is 0 Å². The minimum atomic E-state index is 0.00282. The molecule has 1 heterocycles. The van der Waals surface area contributed by atoms with Crippen molar-refractivity contribution in [3.63, 3.8) is 0 Å². The Balaban J connectivity index is 1.57. The van der Waals surface area contributed by atoms with Gasteiger partial charge in [0.1, 0.15) is 6.10 Å². The second kappa shape index (κ2) is 11.3. The number of hydrogen-bond donors (Lipinski definition) is 2. The molecule has 3 rings (SSSR count). The van der Waals surface area contributed by atoms with Crippen molar-refractivity contribution in [2.45, 2.75) is 51.8 Å². The van der Waals surface area contributed by atoms with Gasteiger partial charge in [-0.25, -0.2) is 9.98 Å². The Morgan fingerprint density at radius 3 is 2.55 bits per heavy atom. The van der Waals surface area contributed by atoms with Crippen LogP contribution < -0.4 is 15.4 Å². The summed E-state index contributed by atoms with van der Waals surface area (Å²) in [4.78, 5) is 22.6. The molecule has 0 bridgehead atoms. The molecular weight excluding hydrogens is 390 g/mol. The Hall–Kier alpha value is -3.09. The molecule has 1 aromatic heterocycles. The molecule has 7 nitrogen and oxygen atoms in total. The van der Waals surface area contributed by atoms with Crippen LogP contribution in [0.15, 0.2) is 47.6 Å². The molecule has 166 valence electrons. The molecule has 0 aliphatic heterocycles. The first kappa shape index (κ1) is 22.6. The van der Waals surface area contributed by atoms with Crippen molar-refractivity contribution < 1.29 is 9.53 Å². The Bertz CT molecular complexity index is 874. The van der Waals surface area contributed by atoms with E-state index in [1.54, 1.807) is 25.2 Å². The average Bonchev–Trinajstić information content (AvgIpc) is 3.29. The van der Waals surface area contributed by atoms with Gasteiger partial charge in [-0.3, -0.25) is 4.79 Å². The van der Waals surface area contributed by atoms with Gasteiger partial charge in [0.15, 0.2) is 5.96 Å². The smallest absolute Gasteiger partial charge is 0.253 e. The minimum absolute atomic E-state index is 0.00282. The second-order valence-corrected chi connectivity index (χ2v) is 7.97. The van der Waals surface area contributed by atoms with E-state index in [1.807, 2.05) is 43.3 Å². The summed E-state index contributed by atoms with van der Waals surface area (Å²) in [5.74, 6) is 1.43. The van der Waals surface area contributed by atoms with Crippen molar-refractivity contribution in [2.75, 3.05) is 20.6 Å². The van der Waals surface area contributed by atoms with Crippen molar-refractivity contribution >= 4 is 11.9 Å². The number of carbonyl (C=O) groups is 1. The first-order valence-electron chi connectivity index (χ1n) is 11.0. The number of aromatic nitrogens is 1. The van der Waals surface area contributed by atoms with Gasteiger partial charge in [0.2, 0.25) is 5.88 Å². The standard InChI is InChI=1S/C24H33N5O2/c1-4-25-24(27-16-18-9-11-20(12-10-18)23(30)29(2)3)28-17-19-13-14-26-22(15-19)31-21-7-5-6-8-21/h9-15,21H,4-8,16-17H2,1-3H3,(H2,25,27,28). The molecule has 7 heteroatoms. The zero-order valence-electron chi connectivity index (χ0n) is 18.7. The van der Waals surface area contributed by atoms with Crippen molar-refractivity contribution in [1.82, 2.24) is 20.5 Å². The summed E-state index contributed by atoms with van der Waals surface area (Å²) in [6.07, 6.45) is 6.78. The van der Waals surface area contributed by atoms with Crippen LogP contribution in [0.4, 0.5) is 0 Å². The average molecular weight is 424 g/mol. The molecule has 2 aromatic rings. The van der Waals surface area contributed by atoms with E-state index in [0.717, 1.165) is 36.5 Å². The molecule has 1 amide bonds. The molecule has 1 saturated carbocycles. The molecule has 1 fully saturated rings. The monoisotopic (exact) mass is 423 g/mol. The van der Waals surface area contributed by atoms with Crippen LogP contribution in [-0.4, -0.2) is 48.5 Å². The number of carbonyl (C=O) groups excluding carboxylic acids is 1. The number of aliphatic imine (C=N–C) groups is 1. The summed E-state index contributed by atoms with van der Waals surface area (Å²) in [6.45, 7) is 3.97. The maximum Gasteiger partial charge on any atom is 0.253 e. The number of benzene rings is 1. The van der Waals surface area contributed by atoms with E-state index in [1.165, 1.54) is 12.8 Å². The topological polar surface area (TPSA) is 78.9 Å². The quantitative estimate of drug-likeness (QED) is 0.503. The zero-order valence-corrected chi connectivity index (χ0v) is 18.7. The number of rotatable bonds is 8. The van der Waals surface area contributed by atoms with E-state index >= 15 is 0 Å². The van der Waals surface area contributed by atoms with Gasteiger partial charge < -0.3 is 20.3 Å². The van der Waals surface area contributed by atoms with Crippen LogP contribution in [0.1, 0.15) is 54.1 Å². The van der Waals surface area contributed by atoms with Crippen LogP contribution in [0, 0.1) is 0 Å². The fourth-order valence-electron chi connectivity index (χ4n) is 3.51. The minimum Gasteiger partial charge on any atom is -0.474 e. The highest BCUT2D eigenvalue weighted by atomic mass is 16.5. The fourth-order valence-corrected chi connectivity index (χ4v) is 3.51. The van der Waals surface area contributed by atoms with E-state index in [4.69, 9.17) is 9.73 Å². The largest absolute Gasteiger partial charge is 0.474 e. The van der Waals surface area contributed by atoms with Crippen LogP contribution in [-0.2, 0) is 13.1 Å². The number of amides is 1. The van der Waals surface area contributed by atoms with Crippen molar-refractivity contribution in [2.24, 2.45) is 4.99 Å². The molecular formula is C24H33N5O2. The van der Waals surface area contributed by atoms with Crippen molar-refractivity contribution in [3.05, 3.63) is 59.3 Å². The summed E-state index contributed by atoms with van der Waals surface area (Å²) in [6, 6.07) is 11.6. The molecule has 1 aromatic carbocycles. The maximum atomic E-state index is 12.0. The van der Waals surface area contributed by atoms with Crippen LogP contribution in [0.5, 0.6) is 5.88 Å². The Kier molecular flexibility index (Phi) is 8.27. The lowest BCUT2D eigenvalue weighted by molar-refractivity contribution is 0.0827. The summed E-state index contributed by atoms with van der Waals surface area (Å²) in [5, 5.41) is 6.62. The van der Waals surface area contributed by atoms with Gasteiger partial charge in [0, 0.05) is 45.0 Å². The predicted octanol–water partition coefficient (Wildman–Crippen LogP) is 3.36. The lowest BCUT2D eigenvalue weighted by atomic mass is 10.1. The highest BCUT2D eigenvalue weighted by molar-refractivity contribution is 5.93. The molecule has 31 heavy (non-hydrogen) atoms. The Labute approximate surface area is 184 Å². The highest BCUT2D eigenvalue weighted by Crippen LogP contribution is 2.23. The van der Waals surface area contributed by atoms with Crippen LogP contribution >= 0.6 is 0 Å². The summed E-state index contributed by atoms with van der Waals surface area (Å²) in [5.41, 5.74) is 2.83. The van der Waals surface area contributed by atoms with Crippen LogP contribution in [0.25, 0.3) is 0 Å². The molecule has 0 unspecified atom stereocenters. The number of ether oxygens (including phenoxy) is 1. The Morgan fingerprint density at radius 2 is 1.87 bits per heavy atom. The first-order valence-corrected chi connectivity index (χ1v) is 11.0. The van der Waals surface area contributed by atoms with E-state index in [9.17, 15) is 4.79 Å². The Morgan fingerprint density at radius 1 is 1.13 bits per heavy atom. The molecule has 1 aliphatic rings. The van der Waals surface area contributed by atoms with E-state index in [-0.39, 0.29) is 5.91 Å². The molecule has 0 radical (unpaired) electrons. The number of pyridine rings is 1. The predicted molar refractivity (Wildman–Crippen MR) is 123 cm³/mol. The number of hydrogen-bond acceptors (Lipinski definition) is 4. The lowest BCUT2D eigenvalue weighted by Crippen LogP contribution is -2.36.